The van der Waals surface area contributed by atoms with E-state index in [0.717, 1.165) is 16.8 Å². The highest BCUT2D eigenvalue weighted by Crippen LogP contribution is 2.36. The van der Waals surface area contributed by atoms with Gasteiger partial charge in [-0.2, -0.15) is 0 Å². The largest absolute Gasteiger partial charge is 0.501 e. The molecule has 0 radical (unpaired) electrons. The third-order valence-corrected chi connectivity index (χ3v) is 5.14. The fourth-order valence-electron chi connectivity index (χ4n) is 3.66. The van der Waals surface area contributed by atoms with E-state index in [9.17, 15) is 14.7 Å². The predicted molar refractivity (Wildman–Crippen MR) is 120 cm³/mol. The number of hydrogen-bond acceptors (Lipinski definition) is 6. The van der Waals surface area contributed by atoms with Gasteiger partial charge in [-0.1, -0.05) is 30.3 Å². The standard InChI is InChI=1S/C24H24N2O5/c1-13-18(25)17-16(26(13)12-14-8-6-5-7-9-14)11-10-15-19(27)20(28)22(30-21(15)17)23(29)31-24(2,3)4/h5-11,28H,12,25H2,1-4H3. The number of esters is 1. The Balaban J connectivity index is 1.98. The van der Waals surface area contributed by atoms with E-state index in [2.05, 4.69) is 0 Å². The summed E-state index contributed by atoms with van der Waals surface area (Å²) in [5.41, 5.74) is 8.13. The molecule has 160 valence electrons. The highest BCUT2D eigenvalue weighted by molar-refractivity contribution is 6.11. The summed E-state index contributed by atoms with van der Waals surface area (Å²) in [6.45, 7) is 7.52. The van der Waals surface area contributed by atoms with Crippen molar-refractivity contribution in [1.29, 1.82) is 0 Å². The van der Waals surface area contributed by atoms with Crippen LogP contribution in [-0.2, 0) is 11.3 Å². The number of nitrogens with zero attached hydrogens (tertiary/aromatic N) is 1. The van der Waals surface area contributed by atoms with Crippen molar-refractivity contribution in [3.63, 3.8) is 0 Å². The van der Waals surface area contributed by atoms with Gasteiger partial charge in [0.1, 0.15) is 5.60 Å². The molecule has 0 saturated heterocycles. The van der Waals surface area contributed by atoms with E-state index in [-0.39, 0.29) is 11.0 Å². The maximum absolute atomic E-state index is 12.8. The minimum absolute atomic E-state index is 0.140. The van der Waals surface area contributed by atoms with Crippen molar-refractivity contribution in [2.45, 2.75) is 39.8 Å². The molecule has 0 aliphatic heterocycles. The number of carbonyl (C=O) groups excluding carboxylic acids is 1. The van der Waals surface area contributed by atoms with Crippen LogP contribution in [0.1, 0.15) is 42.6 Å². The van der Waals surface area contributed by atoms with Gasteiger partial charge in [0.2, 0.25) is 11.2 Å². The molecule has 2 aromatic heterocycles. The Kier molecular flexibility index (Phi) is 4.76. The Morgan fingerprint density at radius 1 is 1.16 bits per heavy atom. The topological polar surface area (TPSA) is 108 Å². The Labute approximate surface area is 178 Å². The highest BCUT2D eigenvalue weighted by atomic mass is 16.6. The van der Waals surface area contributed by atoms with Gasteiger partial charge in [-0.3, -0.25) is 4.79 Å². The minimum Gasteiger partial charge on any atom is -0.501 e. The van der Waals surface area contributed by atoms with Gasteiger partial charge in [0.05, 0.1) is 22.0 Å². The lowest BCUT2D eigenvalue weighted by Gasteiger charge is -2.19. The Hall–Kier alpha value is -3.74. The molecule has 4 aromatic rings. The molecule has 0 bridgehead atoms. The van der Waals surface area contributed by atoms with Gasteiger partial charge >= 0.3 is 5.97 Å². The molecule has 3 N–H and O–H groups in total. The summed E-state index contributed by atoms with van der Waals surface area (Å²) in [5, 5.41) is 11.0. The molecule has 0 unspecified atom stereocenters. The fraction of sp³-hybridized carbons (Fsp3) is 0.250. The molecule has 7 nitrogen and oxygen atoms in total. The van der Waals surface area contributed by atoms with Crippen LogP contribution in [0.3, 0.4) is 0 Å². The number of aromatic nitrogens is 1. The van der Waals surface area contributed by atoms with E-state index in [1.54, 1.807) is 32.9 Å². The molecule has 4 rings (SSSR count). The molecule has 0 aliphatic carbocycles. The number of benzene rings is 2. The maximum Gasteiger partial charge on any atom is 0.378 e. The molecule has 0 saturated carbocycles. The molecule has 2 aromatic carbocycles. The van der Waals surface area contributed by atoms with Crippen LogP contribution in [-0.4, -0.2) is 21.2 Å². The highest BCUT2D eigenvalue weighted by Gasteiger charge is 2.27. The van der Waals surface area contributed by atoms with Crippen molar-refractivity contribution in [1.82, 2.24) is 4.57 Å². The second kappa shape index (κ2) is 7.19. The Morgan fingerprint density at radius 2 is 1.84 bits per heavy atom. The molecule has 31 heavy (non-hydrogen) atoms. The number of nitrogen functional groups attached to an aromatic ring is 1. The first-order valence-electron chi connectivity index (χ1n) is 9.93. The van der Waals surface area contributed by atoms with Gasteiger partial charge in [0.25, 0.3) is 5.76 Å². The molecule has 0 fully saturated rings. The van der Waals surface area contributed by atoms with Crippen LogP contribution < -0.4 is 11.2 Å². The Bertz CT molecular complexity index is 1380. The van der Waals surface area contributed by atoms with Gasteiger partial charge in [-0.05, 0) is 45.4 Å². The normalized spacial score (nSPS) is 11.9. The van der Waals surface area contributed by atoms with Crippen molar-refractivity contribution in [3.8, 4) is 5.75 Å². The number of fused-ring (bicyclic) bond motifs is 3. The van der Waals surface area contributed by atoms with Crippen molar-refractivity contribution in [2.24, 2.45) is 0 Å². The lowest BCUT2D eigenvalue weighted by molar-refractivity contribution is 0.00322. The first kappa shape index (κ1) is 20.5. The van der Waals surface area contributed by atoms with Gasteiger partial charge < -0.3 is 24.6 Å². The molecule has 7 heteroatoms. The van der Waals surface area contributed by atoms with Gasteiger partial charge in [0.15, 0.2) is 5.58 Å². The van der Waals surface area contributed by atoms with Crippen LogP contribution in [0.25, 0.3) is 21.9 Å². The molecule has 0 aliphatic rings. The van der Waals surface area contributed by atoms with Crippen molar-refractivity contribution >= 4 is 33.5 Å². The van der Waals surface area contributed by atoms with E-state index in [1.807, 2.05) is 41.8 Å². The average Bonchev–Trinajstić information content (AvgIpc) is 2.95. The van der Waals surface area contributed by atoms with E-state index in [4.69, 9.17) is 14.9 Å². The summed E-state index contributed by atoms with van der Waals surface area (Å²) in [6.07, 6.45) is 0. The van der Waals surface area contributed by atoms with Gasteiger partial charge in [-0.25, -0.2) is 4.79 Å². The van der Waals surface area contributed by atoms with Crippen LogP contribution >= 0.6 is 0 Å². The van der Waals surface area contributed by atoms with E-state index in [0.29, 0.717) is 17.6 Å². The van der Waals surface area contributed by atoms with E-state index in [1.165, 1.54) is 0 Å². The van der Waals surface area contributed by atoms with Crippen LogP contribution in [0, 0.1) is 6.92 Å². The van der Waals surface area contributed by atoms with Crippen LogP contribution in [0.4, 0.5) is 5.69 Å². The molecular formula is C24H24N2O5. The summed E-state index contributed by atoms with van der Waals surface area (Å²) < 4.78 is 13.1. The second-order valence-corrected chi connectivity index (χ2v) is 8.52. The maximum atomic E-state index is 12.8. The number of aromatic hydroxyl groups is 1. The average molecular weight is 420 g/mol. The van der Waals surface area contributed by atoms with E-state index >= 15 is 0 Å². The van der Waals surface area contributed by atoms with Crippen molar-refractivity contribution in [2.75, 3.05) is 5.73 Å². The summed E-state index contributed by atoms with van der Waals surface area (Å²) in [7, 11) is 0. The zero-order valence-corrected chi connectivity index (χ0v) is 17.9. The SMILES string of the molecule is Cc1c(N)c2c3oc(C(=O)OC(C)(C)C)c(O)c(=O)c3ccc2n1Cc1ccccc1. The van der Waals surface area contributed by atoms with Crippen LogP contribution in [0.15, 0.2) is 51.7 Å². The molecule has 0 atom stereocenters. The number of hydrogen-bond donors (Lipinski definition) is 2. The number of anilines is 1. The number of ether oxygens (including phenoxy) is 1. The monoisotopic (exact) mass is 420 g/mol. The quantitative estimate of drug-likeness (QED) is 0.477. The lowest BCUT2D eigenvalue weighted by atomic mass is 10.1. The van der Waals surface area contributed by atoms with Crippen molar-refractivity contribution < 1.29 is 19.1 Å². The number of nitrogens with two attached hydrogens (primary N) is 1. The van der Waals surface area contributed by atoms with E-state index < -0.39 is 28.5 Å². The van der Waals surface area contributed by atoms with Gasteiger partial charge in [-0.15, -0.1) is 0 Å². The molecule has 0 amide bonds. The van der Waals surface area contributed by atoms with Crippen molar-refractivity contribution in [3.05, 3.63) is 69.7 Å². The predicted octanol–water partition coefficient (Wildman–Crippen LogP) is 4.35. The summed E-state index contributed by atoms with van der Waals surface area (Å²) in [5.74, 6) is -2.23. The first-order chi connectivity index (χ1) is 14.6. The van der Waals surface area contributed by atoms with Crippen LogP contribution in [0.5, 0.6) is 5.75 Å². The van der Waals surface area contributed by atoms with Crippen LogP contribution in [0.2, 0.25) is 0 Å². The molecular weight excluding hydrogens is 396 g/mol. The summed E-state index contributed by atoms with van der Waals surface area (Å²) in [6, 6.07) is 13.2. The Morgan fingerprint density at radius 3 is 2.48 bits per heavy atom. The third-order valence-electron chi connectivity index (χ3n) is 5.14. The van der Waals surface area contributed by atoms with Gasteiger partial charge in [0, 0.05) is 12.2 Å². The summed E-state index contributed by atoms with van der Waals surface area (Å²) in [4.78, 5) is 25.4. The summed E-state index contributed by atoms with van der Waals surface area (Å²) >= 11 is 0. The molecule has 2 heterocycles. The lowest BCUT2D eigenvalue weighted by Crippen LogP contribution is -2.24. The zero-order chi connectivity index (χ0) is 22.5. The number of carbonyl (C=O) groups is 1. The first-order valence-corrected chi connectivity index (χ1v) is 9.93. The smallest absolute Gasteiger partial charge is 0.378 e. The number of rotatable bonds is 3. The zero-order valence-electron chi connectivity index (χ0n) is 17.9. The fourth-order valence-corrected chi connectivity index (χ4v) is 3.66. The second-order valence-electron chi connectivity index (χ2n) is 8.52. The third kappa shape index (κ3) is 3.52. The molecule has 0 spiro atoms. The minimum atomic E-state index is -0.917.